The first-order chi connectivity index (χ1) is 10.3. The number of fused-ring (bicyclic) bond motifs is 1. The molecular formula is C18H25FN2. The van der Waals surface area contributed by atoms with Gasteiger partial charge in [0, 0.05) is 31.2 Å². The minimum atomic E-state index is -0.0814. The molecule has 3 aliphatic rings. The third kappa shape index (κ3) is 2.31. The predicted octanol–water partition coefficient (Wildman–Crippen LogP) is 3.42. The van der Waals surface area contributed by atoms with Crippen molar-refractivity contribution in [2.24, 2.45) is 0 Å². The summed E-state index contributed by atoms with van der Waals surface area (Å²) in [5.74, 6) is -0.0814. The molecule has 2 fully saturated rings. The Morgan fingerprint density at radius 2 is 2.05 bits per heavy atom. The van der Waals surface area contributed by atoms with Gasteiger partial charge in [-0.1, -0.05) is 25.3 Å². The van der Waals surface area contributed by atoms with Crippen molar-refractivity contribution < 1.29 is 4.39 Å². The van der Waals surface area contributed by atoms with Crippen molar-refractivity contribution in [2.75, 3.05) is 19.6 Å². The molecule has 0 radical (unpaired) electrons. The number of halogens is 1. The lowest BCUT2D eigenvalue weighted by Gasteiger charge is -2.52. The molecule has 1 aliphatic heterocycles. The highest BCUT2D eigenvalue weighted by atomic mass is 19.1. The zero-order valence-electron chi connectivity index (χ0n) is 12.7. The van der Waals surface area contributed by atoms with Gasteiger partial charge >= 0.3 is 0 Å². The molecule has 0 aromatic heterocycles. The Balaban J connectivity index is 1.66. The number of rotatable bonds is 1. The van der Waals surface area contributed by atoms with Gasteiger partial charge in [-0.25, -0.2) is 4.39 Å². The second kappa shape index (κ2) is 5.36. The van der Waals surface area contributed by atoms with Crippen LogP contribution in [0.25, 0.3) is 0 Å². The Morgan fingerprint density at radius 3 is 2.90 bits per heavy atom. The van der Waals surface area contributed by atoms with Crippen LogP contribution in [0.4, 0.5) is 4.39 Å². The fourth-order valence-electron chi connectivity index (χ4n) is 4.91. The zero-order chi connectivity index (χ0) is 14.3. The van der Waals surface area contributed by atoms with E-state index in [0.29, 0.717) is 11.6 Å². The lowest BCUT2D eigenvalue weighted by molar-refractivity contribution is -0.00796. The Labute approximate surface area is 126 Å². The lowest BCUT2D eigenvalue weighted by atomic mass is 9.78. The van der Waals surface area contributed by atoms with Crippen molar-refractivity contribution in [3.63, 3.8) is 0 Å². The molecule has 3 heteroatoms. The minimum Gasteiger partial charge on any atom is -0.314 e. The summed E-state index contributed by atoms with van der Waals surface area (Å²) in [6.07, 6.45) is 8.97. The molecule has 1 aromatic rings. The maximum Gasteiger partial charge on any atom is 0.123 e. The lowest BCUT2D eigenvalue weighted by Crippen LogP contribution is -2.62. The summed E-state index contributed by atoms with van der Waals surface area (Å²) >= 11 is 0. The summed E-state index contributed by atoms with van der Waals surface area (Å²) < 4.78 is 13.5. The SMILES string of the molecule is Fc1ccc2c(c1)CCC2N1CCNCC12CCCCC2. The van der Waals surface area contributed by atoms with Gasteiger partial charge in [-0.2, -0.15) is 0 Å². The van der Waals surface area contributed by atoms with Gasteiger partial charge < -0.3 is 5.32 Å². The van der Waals surface area contributed by atoms with E-state index in [9.17, 15) is 4.39 Å². The summed E-state index contributed by atoms with van der Waals surface area (Å²) in [6, 6.07) is 5.96. The molecule has 1 unspecified atom stereocenters. The van der Waals surface area contributed by atoms with Crippen molar-refractivity contribution >= 4 is 0 Å². The highest BCUT2D eigenvalue weighted by molar-refractivity contribution is 5.35. The minimum absolute atomic E-state index is 0.0814. The van der Waals surface area contributed by atoms with E-state index in [0.717, 1.165) is 26.1 Å². The van der Waals surface area contributed by atoms with Crippen LogP contribution < -0.4 is 5.32 Å². The zero-order valence-corrected chi connectivity index (χ0v) is 12.7. The maximum atomic E-state index is 13.5. The molecule has 2 nitrogen and oxygen atoms in total. The predicted molar refractivity (Wildman–Crippen MR) is 82.9 cm³/mol. The average molecular weight is 288 g/mol. The van der Waals surface area contributed by atoms with Crippen LogP contribution in [0.3, 0.4) is 0 Å². The first-order valence-corrected chi connectivity index (χ1v) is 8.54. The third-order valence-corrected chi connectivity index (χ3v) is 5.90. The van der Waals surface area contributed by atoms with Gasteiger partial charge in [-0.15, -0.1) is 0 Å². The largest absolute Gasteiger partial charge is 0.314 e. The fraction of sp³-hybridized carbons (Fsp3) is 0.667. The monoisotopic (exact) mass is 288 g/mol. The first-order valence-electron chi connectivity index (χ1n) is 8.54. The molecule has 1 heterocycles. The van der Waals surface area contributed by atoms with E-state index in [1.807, 2.05) is 6.07 Å². The molecule has 4 rings (SSSR count). The van der Waals surface area contributed by atoms with Crippen molar-refractivity contribution in [1.82, 2.24) is 10.2 Å². The number of nitrogens with one attached hydrogen (secondary N) is 1. The summed E-state index contributed by atoms with van der Waals surface area (Å²) in [5.41, 5.74) is 2.99. The van der Waals surface area contributed by atoms with Gasteiger partial charge in [0.2, 0.25) is 0 Å². The van der Waals surface area contributed by atoms with Gasteiger partial charge in [-0.05, 0) is 48.9 Å². The Kier molecular flexibility index (Phi) is 3.50. The van der Waals surface area contributed by atoms with Crippen LogP contribution in [0.1, 0.15) is 55.7 Å². The highest BCUT2D eigenvalue weighted by Crippen LogP contribution is 2.44. The summed E-state index contributed by atoms with van der Waals surface area (Å²) in [5, 5.41) is 3.63. The fourth-order valence-corrected chi connectivity index (χ4v) is 4.91. The van der Waals surface area contributed by atoms with Crippen LogP contribution in [0, 0.1) is 5.82 Å². The van der Waals surface area contributed by atoms with E-state index in [1.54, 1.807) is 12.1 Å². The first kappa shape index (κ1) is 13.7. The van der Waals surface area contributed by atoms with E-state index in [2.05, 4.69) is 10.2 Å². The second-order valence-electron chi connectivity index (χ2n) is 7.05. The molecule has 21 heavy (non-hydrogen) atoms. The van der Waals surface area contributed by atoms with Gasteiger partial charge in [0.25, 0.3) is 0 Å². The maximum absolute atomic E-state index is 13.5. The summed E-state index contributed by atoms with van der Waals surface area (Å²) in [6.45, 7) is 3.37. The molecule has 1 atom stereocenters. The summed E-state index contributed by atoms with van der Waals surface area (Å²) in [4.78, 5) is 2.78. The number of piperazine rings is 1. The molecule has 1 aromatic carbocycles. The molecule has 0 bridgehead atoms. The standard InChI is InChI=1S/C18H25FN2/c19-15-5-6-16-14(12-15)4-7-17(16)21-11-10-20-13-18(21)8-2-1-3-9-18/h5-6,12,17,20H,1-4,7-11,13H2. The highest BCUT2D eigenvalue weighted by Gasteiger charge is 2.44. The molecule has 1 saturated carbocycles. The van der Waals surface area contributed by atoms with Crippen LogP contribution in [0.5, 0.6) is 0 Å². The van der Waals surface area contributed by atoms with Gasteiger partial charge in [0.1, 0.15) is 5.82 Å². The smallest absolute Gasteiger partial charge is 0.123 e. The van der Waals surface area contributed by atoms with Gasteiger partial charge in [-0.3, -0.25) is 4.90 Å². The molecule has 1 spiro atoms. The molecule has 1 saturated heterocycles. The second-order valence-corrected chi connectivity index (χ2v) is 7.05. The van der Waals surface area contributed by atoms with Crippen LogP contribution in [0.2, 0.25) is 0 Å². The topological polar surface area (TPSA) is 15.3 Å². The van der Waals surface area contributed by atoms with Crippen LogP contribution in [-0.4, -0.2) is 30.1 Å². The Hall–Kier alpha value is -0.930. The number of hydrogen-bond donors (Lipinski definition) is 1. The van der Waals surface area contributed by atoms with Crippen molar-refractivity contribution in [1.29, 1.82) is 0 Å². The van der Waals surface area contributed by atoms with Crippen molar-refractivity contribution in [3.8, 4) is 0 Å². The van der Waals surface area contributed by atoms with Crippen molar-refractivity contribution in [3.05, 3.63) is 35.1 Å². The number of hydrogen-bond acceptors (Lipinski definition) is 2. The molecule has 1 N–H and O–H groups in total. The quantitative estimate of drug-likeness (QED) is 0.852. The number of aryl methyl sites for hydroxylation is 1. The van der Waals surface area contributed by atoms with Crippen LogP contribution in [0.15, 0.2) is 18.2 Å². The van der Waals surface area contributed by atoms with E-state index in [-0.39, 0.29) is 5.82 Å². The van der Waals surface area contributed by atoms with E-state index in [4.69, 9.17) is 0 Å². The molecule has 0 amide bonds. The molecule has 114 valence electrons. The number of nitrogens with zero attached hydrogens (tertiary/aromatic N) is 1. The molecular weight excluding hydrogens is 263 g/mol. The third-order valence-electron chi connectivity index (χ3n) is 5.90. The Bertz CT molecular complexity index is 514. The van der Waals surface area contributed by atoms with Crippen molar-refractivity contribution in [2.45, 2.75) is 56.5 Å². The van der Waals surface area contributed by atoms with Crippen LogP contribution >= 0.6 is 0 Å². The van der Waals surface area contributed by atoms with E-state index >= 15 is 0 Å². The van der Waals surface area contributed by atoms with E-state index in [1.165, 1.54) is 49.7 Å². The number of benzene rings is 1. The Morgan fingerprint density at radius 1 is 1.19 bits per heavy atom. The molecule has 2 aliphatic carbocycles. The van der Waals surface area contributed by atoms with E-state index < -0.39 is 0 Å². The normalized spacial score (nSPS) is 28.7. The van der Waals surface area contributed by atoms with Gasteiger partial charge in [0.05, 0.1) is 0 Å². The average Bonchev–Trinajstić information content (AvgIpc) is 2.91. The summed E-state index contributed by atoms with van der Waals surface area (Å²) in [7, 11) is 0. The van der Waals surface area contributed by atoms with Crippen LogP contribution in [-0.2, 0) is 6.42 Å². The van der Waals surface area contributed by atoms with Gasteiger partial charge in [0.15, 0.2) is 0 Å².